The Hall–Kier alpha value is 0.190. The van der Waals surface area contributed by atoms with Crippen LogP contribution in [0.4, 0.5) is 0 Å². The monoisotopic (exact) mass is 387 g/mol. The maximum atomic E-state index is 12.4. The summed E-state index contributed by atoms with van der Waals surface area (Å²) in [5.74, 6) is 0. The smallest absolute Gasteiger partial charge is 0.207 e. The molecule has 0 bridgehead atoms. The molecule has 0 heterocycles. The first-order valence-corrected chi connectivity index (χ1v) is 9.21. The van der Waals surface area contributed by atoms with Crippen molar-refractivity contribution in [1.82, 2.24) is 4.72 Å². The van der Waals surface area contributed by atoms with Gasteiger partial charge in [0.05, 0.1) is 5.02 Å². The van der Waals surface area contributed by atoms with Gasteiger partial charge in [-0.2, -0.15) is 0 Å². The largest absolute Gasteiger partial charge is 0.242 e. The first kappa shape index (κ1) is 17.2. The molecule has 0 saturated heterocycles. The van der Waals surface area contributed by atoms with Crippen molar-refractivity contribution in [2.45, 2.75) is 37.1 Å². The van der Waals surface area contributed by atoms with E-state index in [0.717, 1.165) is 0 Å². The van der Waals surface area contributed by atoms with E-state index in [2.05, 4.69) is 20.7 Å². The van der Waals surface area contributed by atoms with Gasteiger partial charge in [0.15, 0.2) is 0 Å². The zero-order valence-electron chi connectivity index (χ0n) is 10.7. The molecule has 1 aromatic rings. The molecule has 3 nitrogen and oxygen atoms in total. The lowest BCUT2D eigenvalue weighted by Gasteiger charge is -2.30. The van der Waals surface area contributed by atoms with Crippen LogP contribution in [-0.4, -0.2) is 19.3 Å². The molecule has 0 radical (unpaired) electrons. The highest BCUT2D eigenvalue weighted by Crippen LogP contribution is 2.28. The summed E-state index contributed by atoms with van der Waals surface area (Å²) < 4.78 is 27.6. The van der Waals surface area contributed by atoms with E-state index in [9.17, 15) is 8.42 Å². The summed E-state index contributed by atoms with van der Waals surface area (Å²) in [6.45, 7) is 3.87. The predicted molar refractivity (Wildman–Crippen MR) is 83.9 cm³/mol. The van der Waals surface area contributed by atoms with Crippen LogP contribution >= 0.6 is 39.1 Å². The summed E-state index contributed by atoms with van der Waals surface area (Å²) in [5.41, 5.74) is -0.523. The normalized spacial score (nSPS) is 12.7. The molecular weight excluding hydrogens is 373 g/mol. The number of hydrogen-bond donors (Lipinski definition) is 1. The Labute approximate surface area is 132 Å². The second-order valence-electron chi connectivity index (χ2n) is 4.30. The molecule has 0 aliphatic heterocycles. The van der Waals surface area contributed by atoms with Crippen molar-refractivity contribution in [3.05, 3.63) is 28.2 Å². The summed E-state index contributed by atoms with van der Waals surface area (Å²) in [5, 5.41) is 1.03. The van der Waals surface area contributed by atoms with Gasteiger partial charge in [0.25, 0.3) is 0 Å². The van der Waals surface area contributed by atoms with Gasteiger partial charge in [-0.05, 0) is 31.0 Å². The van der Waals surface area contributed by atoms with Crippen molar-refractivity contribution >= 4 is 49.2 Å². The second-order valence-corrected chi connectivity index (χ2v) is 7.36. The van der Waals surface area contributed by atoms with Crippen LogP contribution in [0.3, 0.4) is 0 Å². The molecule has 108 valence electrons. The van der Waals surface area contributed by atoms with Crippen molar-refractivity contribution in [2.24, 2.45) is 0 Å². The number of alkyl halides is 1. The minimum Gasteiger partial charge on any atom is -0.207 e. The predicted octanol–water partition coefficient (Wildman–Crippen LogP) is 4.23. The number of nitrogens with one attached hydrogen (secondary N) is 1. The van der Waals surface area contributed by atoms with Crippen molar-refractivity contribution in [3.63, 3.8) is 0 Å². The van der Waals surface area contributed by atoms with Crippen molar-refractivity contribution in [2.75, 3.05) is 5.33 Å². The van der Waals surface area contributed by atoms with Gasteiger partial charge in [0, 0.05) is 15.9 Å². The number of hydrogen-bond acceptors (Lipinski definition) is 2. The first-order chi connectivity index (χ1) is 8.80. The van der Waals surface area contributed by atoms with Crippen LogP contribution in [-0.2, 0) is 10.0 Å². The molecule has 1 N–H and O–H groups in total. The average Bonchev–Trinajstić information content (AvgIpc) is 2.39. The van der Waals surface area contributed by atoms with Gasteiger partial charge in [-0.3, -0.25) is 0 Å². The summed E-state index contributed by atoms with van der Waals surface area (Å²) in [4.78, 5) is 0.00823. The second kappa shape index (κ2) is 6.76. The van der Waals surface area contributed by atoms with E-state index in [4.69, 9.17) is 23.2 Å². The van der Waals surface area contributed by atoms with Gasteiger partial charge in [-0.1, -0.05) is 53.0 Å². The van der Waals surface area contributed by atoms with Crippen molar-refractivity contribution in [3.8, 4) is 0 Å². The Balaban J connectivity index is 3.21. The molecule has 0 aliphatic carbocycles. The Morgan fingerprint density at radius 1 is 1.26 bits per heavy atom. The zero-order chi connectivity index (χ0) is 14.7. The van der Waals surface area contributed by atoms with E-state index >= 15 is 0 Å². The fourth-order valence-electron chi connectivity index (χ4n) is 1.63. The molecule has 0 fully saturated rings. The SMILES string of the molecule is CCC(CC)(CBr)NS(=O)(=O)c1cc(Cl)ccc1Cl. The summed E-state index contributed by atoms with van der Waals surface area (Å²) in [6.07, 6.45) is 1.35. The summed E-state index contributed by atoms with van der Waals surface area (Å²) in [7, 11) is -3.70. The summed E-state index contributed by atoms with van der Waals surface area (Å²) in [6, 6.07) is 4.39. The van der Waals surface area contributed by atoms with Gasteiger partial charge >= 0.3 is 0 Å². The van der Waals surface area contributed by atoms with Crippen molar-refractivity contribution in [1.29, 1.82) is 0 Å². The molecule has 0 saturated carbocycles. The fourth-order valence-corrected chi connectivity index (χ4v) is 5.06. The third-order valence-electron chi connectivity index (χ3n) is 3.14. The van der Waals surface area contributed by atoms with Crippen LogP contribution in [0.5, 0.6) is 0 Å². The Morgan fingerprint density at radius 2 is 1.84 bits per heavy atom. The minimum absolute atomic E-state index is 0.00823. The Morgan fingerprint density at radius 3 is 2.32 bits per heavy atom. The van der Waals surface area contributed by atoms with Crippen LogP contribution in [0, 0.1) is 0 Å². The molecule has 0 amide bonds. The highest BCUT2D eigenvalue weighted by molar-refractivity contribution is 9.09. The molecule has 0 unspecified atom stereocenters. The number of rotatable bonds is 6. The third-order valence-corrected chi connectivity index (χ3v) is 6.51. The topological polar surface area (TPSA) is 46.2 Å². The van der Waals surface area contributed by atoms with Crippen LogP contribution in [0.2, 0.25) is 10.0 Å². The molecule has 0 aromatic heterocycles. The lowest BCUT2D eigenvalue weighted by Crippen LogP contribution is -2.48. The zero-order valence-corrected chi connectivity index (χ0v) is 14.6. The molecule has 1 aromatic carbocycles. The number of halogens is 3. The highest BCUT2D eigenvalue weighted by atomic mass is 79.9. The van der Waals surface area contributed by atoms with Crippen molar-refractivity contribution < 1.29 is 8.42 Å². The average molecular weight is 389 g/mol. The third kappa shape index (κ3) is 4.08. The van der Waals surface area contributed by atoms with Gasteiger partial charge < -0.3 is 0 Å². The fraction of sp³-hybridized carbons (Fsp3) is 0.500. The maximum absolute atomic E-state index is 12.4. The van der Waals surface area contributed by atoms with Crippen LogP contribution in [0.15, 0.2) is 23.1 Å². The highest BCUT2D eigenvalue weighted by Gasteiger charge is 2.32. The number of sulfonamides is 1. The molecule has 19 heavy (non-hydrogen) atoms. The van der Waals surface area contributed by atoms with E-state index in [1.54, 1.807) is 6.07 Å². The molecule has 1 rings (SSSR count). The first-order valence-electron chi connectivity index (χ1n) is 5.85. The van der Waals surface area contributed by atoms with Crippen LogP contribution in [0.1, 0.15) is 26.7 Å². The van der Waals surface area contributed by atoms with Crippen LogP contribution in [0.25, 0.3) is 0 Å². The van der Waals surface area contributed by atoms with Gasteiger partial charge in [0.2, 0.25) is 10.0 Å². The lowest BCUT2D eigenvalue weighted by molar-refractivity contribution is 0.398. The van der Waals surface area contributed by atoms with E-state index < -0.39 is 15.6 Å². The van der Waals surface area contributed by atoms with E-state index in [-0.39, 0.29) is 9.92 Å². The van der Waals surface area contributed by atoms with E-state index in [1.807, 2.05) is 13.8 Å². The lowest BCUT2D eigenvalue weighted by atomic mass is 9.97. The standard InChI is InChI=1S/C12H16BrCl2NO2S/c1-3-12(4-2,8-13)16-19(17,18)11-7-9(14)5-6-10(11)15/h5-7,16H,3-4,8H2,1-2H3. The molecular formula is C12H16BrCl2NO2S. The molecule has 7 heteroatoms. The summed E-state index contributed by atoms with van der Waals surface area (Å²) >= 11 is 15.2. The minimum atomic E-state index is -3.70. The Kier molecular flexibility index (Phi) is 6.14. The van der Waals surface area contributed by atoms with Crippen LogP contribution < -0.4 is 4.72 Å². The van der Waals surface area contributed by atoms with Gasteiger partial charge in [0.1, 0.15) is 4.90 Å². The number of benzene rings is 1. The molecule has 0 spiro atoms. The molecule has 0 aliphatic rings. The van der Waals surface area contributed by atoms with E-state index in [1.165, 1.54) is 12.1 Å². The molecule has 0 atom stereocenters. The maximum Gasteiger partial charge on any atom is 0.242 e. The van der Waals surface area contributed by atoms with Gasteiger partial charge in [-0.25, -0.2) is 13.1 Å². The quantitative estimate of drug-likeness (QED) is 0.741. The Bertz CT molecular complexity index is 536. The van der Waals surface area contributed by atoms with E-state index in [0.29, 0.717) is 23.2 Å². The van der Waals surface area contributed by atoms with Gasteiger partial charge in [-0.15, -0.1) is 0 Å².